The van der Waals surface area contributed by atoms with Crippen LogP contribution in [-0.4, -0.2) is 5.38 Å². The van der Waals surface area contributed by atoms with E-state index in [1.807, 2.05) is 12.1 Å². The predicted octanol–water partition coefficient (Wildman–Crippen LogP) is 4.55. The van der Waals surface area contributed by atoms with Gasteiger partial charge in [-0.2, -0.15) is 0 Å². The van der Waals surface area contributed by atoms with Crippen molar-refractivity contribution in [1.29, 1.82) is 0 Å². The van der Waals surface area contributed by atoms with Crippen LogP contribution in [0.4, 0.5) is 0 Å². The molecule has 1 unspecified atom stereocenters. The Morgan fingerprint density at radius 2 is 2.00 bits per heavy atom. The van der Waals surface area contributed by atoms with E-state index in [1.165, 1.54) is 0 Å². The van der Waals surface area contributed by atoms with Gasteiger partial charge in [-0.15, -0.1) is 11.6 Å². The molecular formula is C10H11Cl3. The molecule has 0 saturated carbocycles. The van der Waals surface area contributed by atoms with Crippen molar-refractivity contribution in [1.82, 2.24) is 0 Å². The van der Waals surface area contributed by atoms with Crippen LogP contribution in [0.5, 0.6) is 0 Å². The Morgan fingerprint density at radius 3 is 2.54 bits per heavy atom. The van der Waals surface area contributed by atoms with Gasteiger partial charge in [-0.05, 0) is 30.5 Å². The van der Waals surface area contributed by atoms with Gasteiger partial charge in [0.15, 0.2) is 0 Å². The van der Waals surface area contributed by atoms with E-state index in [9.17, 15) is 0 Å². The minimum atomic E-state index is 0.152. The van der Waals surface area contributed by atoms with Gasteiger partial charge < -0.3 is 0 Å². The van der Waals surface area contributed by atoms with Crippen LogP contribution >= 0.6 is 34.8 Å². The Balaban J connectivity index is 2.77. The van der Waals surface area contributed by atoms with Crippen LogP contribution in [0.15, 0.2) is 18.2 Å². The molecule has 1 aromatic rings. The van der Waals surface area contributed by atoms with Crippen LogP contribution < -0.4 is 0 Å². The average Bonchev–Trinajstić information content (AvgIpc) is 2.09. The lowest BCUT2D eigenvalue weighted by Crippen LogP contribution is -2.01. The molecule has 0 nitrogen and oxygen atoms in total. The molecule has 0 bridgehead atoms. The zero-order valence-corrected chi connectivity index (χ0v) is 9.63. The summed E-state index contributed by atoms with van der Waals surface area (Å²) in [5.41, 5.74) is 1.06. The highest BCUT2D eigenvalue weighted by Crippen LogP contribution is 2.23. The van der Waals surface area contributed by atoms with Crippen LogP contribution in [0.3, 0.4) is 0 Å². The fourth-order valence-electron chi connectivity index (χ4n) is 1.07. The highest BCUT2D eigenvalue weighted by molar-refractivity contribution is 6.35. The zero-order chi connectivity index (χ0) is 9.84. The van der Waals surface area contributed by atoms with Gasteiger partial charge in [0.05, 0.1) is 0 Å². The largest absolute Gasteiger partial charge is 0.123 e. The molecule has 1 atom stereocenters. The predicted molar refractivity (Wildman–Crippen MR) is 60.1 cm³/mol. The first-order chi connectivity index (χ1) is 6.13. The maximum absolute atomic E-state index is 6.02. The minimum Gasteiger partial charge on any atom is -0.123 e. The summed E-state index contributed by atoms with van der Waals surface area (Å²) in [4.78, 5) is 0. The summed E-state index contributed by atoms with van der Waals surface area (Å²) in [5, 5.41) is 1.52. The molecule has 0 saturated heterocycles. The van der Waals surface area contributed by atoms with Crippen molar-refractivity contribution < 1.29 is 0 Å². The fourth-order valence-corrected chi connectivity index (χ4v) is 1.72. The van der Waals surface area contributed by atoms with E-state index in [0.29, 0.717) is 10.0 Å². The molecular weight excluding hydrogens is 226 g/mol. The van der Waals surface area contributed by atoms with Crippen LogP contribution in [0.25, 0.3) is 0 Å². The van der Waals surface area contributed by atoms with Gasteiger partial charge in [-0.3, -0.25) is 0 Å². The molecule has 72 valence electrons. The van der Waals surface area contributed by atoms with Crippen molar-refractivity contribution >= 4 is 34.8 Å². The van der Waals surface area contributed by atoms with Crippen molar-refractivity contribution in [2.24, 2.45) is 0 Å². The monoisotopic (exact) mass is 236 g/mol. The van der Waals surface area contributed by atoms with Crippen molar-refractivity contribution in [3.8, 4) is 0 Å². The van der Waals surface area contributed by atoms with E-state index in [2.05, 4.69) is 6.92 Å². The Hall–Kier alpha value is 0.0900. The summed E-state index contributed by atoms with van der Waals surface area (Å²) >= 11 is 17.8. The summed E-state index contributed by atoms with van der Waals surface area (Å²) in [7, 11) is 0. The van der Waals surface area contributed by atoms with E-state index in [0.717, 1.165) is 18.4 Å². The molecule has 0 aromatic heterocycles. The van der Waals surface area contributed by atoms with Gasteiger partial charge in [-0.1, -0.05) is 36.2 Å². The molecule has 0 radical (unpaired) electrons. The number of hydrogen-bond acceptors (Lipinski definition) is 0. The SMILES string of the molecule is CCC(Cl)Cc1ccc(Cl)cc1Cl. The van der Waals surface area contributed by atoms with Gasteiger partial charge in [-0.25, -0.2) is 0 Å². The van der Waals surface area contributed by atoms with Crippen LogP contribution in [0.2, 0.25) is 10.0 Å². The summed E-state index contributed by atoms with van der Waals surface area (Å²) in [6, 6.07) is 5.51. The lowest BCUT2D eigenvalue weighted by Gasteiger charge is -2.08. The highest BCUT2D eigenvalue weighted by Gasteiger charge is 2.06. The van der Waals surface area contributed by atoms with Crippen molar-refractivity contribution in [2.75, 3.05) is 0 Å². The van der Waals surface area contributed by atoms with Crippen LogP contribution in [-0.2, 0) is 6.42 Å². The molecule has 1 rings (SSSR count). The van der Waals surface area contributed by atoms with Gasteiger partial charge in [0.1, 0.15) is 0 Å². The van der Waals surface area contributed by atoms with Crippen molar-refractivity contribution in [3.05, 3.63) is 33.8 Å². The van der Waals surface area contributed by atoms with Gasteiger partial charge >= 0.3 is 0 Å². The fraction of sp³-hybridized carbons (Fsp3) is 0.400. The first kappa shape index (κ1) is 11.2. The van der Waals surface area contributed by atoms with Gasteiger partial charge in [0, 0.05) is 15.4 Å². The van der Waals surface area contributed by atoms with Gasteiger partial charge in [0.25, 0.3) is 0 Å². The molecule has 0 spiro atoms. The lowest BCUT2D eigenvalue weighted by atomic mass is 10.1. The minimum absolute atomic E-state index is 0.152. The maximum atomic E-state index is 6.02. The number of halogens is 3. The third-order valence-corrected chi connectivity index (χ3v) is 2.95. The standard InChI is InChI=1S/C10H11Cl3/c1-2-8(11)5-7-3-4-9(12)6-10(7)13/h3-4,6,8H,2,5H2,1H3. The van der Waals surface area contributed by atoms with Crippen LogP contribution in [0.1, 0.15) is 18.9 Å². The molecule has 0 N–H and O–H groups in total. The Bertz CT molecular complexity index is 283. The molecule has 0 aliphatic carbocycles. The Labute approximate surface area is 93.8 Å². The Morgan fingerprint density at radius 1 is 1.31 bits per heavy atom. The van der Waals surface area contributed by atoms with Crippen molar-refractivity contribution in [2.45, 2.75) is 25.1 Å². The summed E-state index contributed by atoms with van der Waals surface area (Å²) < 4.78 is 0. The molecule has 0 amide bonds. The number of hydrogen-bond donors (Lipinski definition) is 0. The second-order valence-corrected chi connectivity index (χ2v) is 4.41. The molecule has 0 aliphatic rings. The van der Waals surface area contributed by atoms with E-state index < -0.39 is 0 Å². The first-order valence-corrected chi connectivity index (χ1v) is 5.40. The van der Waals surface area contributed by atoms with E-state index >= 15 is 0 Å². The van der Waals surface area contributed by atoms with Gasteiger partial charge in [0.2, 0.25) is 0 Å². The third kappa shape index (κ3) is 3.38. The molecule has 13 heavy (non-hydrogen) atoms. The summed E-state index contributed by atoms with van der Waals surface area (Å²) in [6.45, 7) is 2.06. The summed E-state index contributed by atoms with van der Waals surface area (Å²) in [5.74, 6) is 0. The zero-order valence-electron chi connectivity index (χ0n) is 7.36. The molecule has 0 aliphatic heterocycles. The number of rotatable bonds is 3. The highest BCUT2D eigenvalue weighted by atomic mass is 35.5. The normalized spacial score (nSPS) is 12.9. The first-order valence-electron chi connectivity index (χ1n) is 4.21. The average molecular weight is 238 g/mol. The quantitative estimate of drug-likeness (QED) is 0.677. The molecule has 1 aromatic carbocycles. The van der Waals surface area contributed by atoms with Crippen molar-refractivity contribution in [3.63, 3.8) is 0 Å². The molecule has 0 fully saturated rings. The van der Waals surface area contributed by atoms with E-state index in [1.54, 1.807) is 6.07 Å². The maximum Gasteiger partial charge on any atom is 0.0453 e. The third-order valence-electron chi connectivity index (χ3n) is 1.90. The number of benzene rings is 1. The second kappa shape index (κ2) is 5.09. The van der Waals surface area contributed by atoms with E-state index in [4.69, 9.17) is 34.8 Å². The molecule has 0 heterocycles. The lowest BCUT2D eigenvalue weighted by molar-refractivity contribution is 0.805. The summed E-state index contributed by atoms with van der Waals surface area (Å²) in [6.07, 6.45) is 1.74. The van der Waals surface area contributed by atoms with E-state index in [-0.39, 0.29) is 5.38 Å². The smallest absolute Gasteiger partial charge is 0.0453 e. The topological polar surface area (TPSA) is 0 Å². The molecule has 3 heteroatoms. The van der Waals surface area contributed by atoms with Crippen LogP contribution in [0, 0.1) is 0 Å². The Kier molecular flexibility index (Phi) is 4.37. The second-order valence-electron chi connectivity index (χ2n) is 2.95. The number of alkyl halides is 1.